The molecule has 4 heterocycles. The number of para-hydroxylation sites is 6. The van der Waals surface area contributed by atoms with Gasteiger partial charge in [-0.2, -0.15) is 6.07 Å². The van der Waals surface area contributed by atoms with Crippen molar-refractivity contribution in [3.63, 3.8) is 0 Å². The fourth-order valence-corrected chi connectivity index (χ4v) is 10.9. The summed E-state index contributed by atoms with van der Waals surface area (Å²) in [7, 11) is 0. The van der Waals surface area contributed by atoms with Crippen LogP contribution in [0.5, 0.6) is 0 Å². The van der Waals surface area contributed by atoms with Crippen molar-refractivity contribution in [2.45, 2.75) is 52.4 Å². The normalized spacial score (nSPS) is 13.0. The molecule has 0 saturated heterocycles. The summed E-state index contributed by atoms with van der Waals surface area (Å²) < 4.78 is 2.36. The Bertz CT molecular complexity index is 3900. The van der Waals surface area contributed by atoms with Gasteiger partial charge in [0.2, 0.25) is 0 Å². The molecule has 0 saturated carbocycles. The van der Waals surface area contributed by atoms with Crippen LogP contribution in [0.4, 0.5) is 57.0 Å². The Morgan fingerprint density at radius 1 is 0.453 bits per heavy atom. The SMILES string of the molecule is CC(C)(C)c1cc(N2[CH-]N(c3cccc(C(C)(C)C)c3)c3ccccc32)[c-]c(N(c2[c-]c3c(cc2)-c2ccccc2-c2ccccc2N3c2cc(-n3c4ccccc4c4ccccc43)ccn2)c2ccccc2)c1.[Pt]. The summed E-state index contributed by atoms with van der Waals surface area (Å²) >= 11 is 0. The van der Waals surface area contributed by atoms with E-state index >= 15 is 0 Å². The second-order valence-corrected chi connectivity index (χ2v) is 21.5. The molecule has 0 atom stereocenters. The van der Waals surface area contributed by atoms with Crippen LogP contribution in [0.15, 0.2) is 219 Å². The Balaban J connectivity index is 0.00000569. The molecule has 2 aliphatic rings. The molecular formula is C68H55N6Pt-3. The summed E-state index contributed by atoms with van der Waals surface area (Å²) in [5.74, 6) is 0.787. The Morgan fingerprint density at radius 3 is 1.75 bits per heavy atom. The average Bonchev–Trinajstić information content (AvgIpc) is 3.98. The van der Waals surface area contributed by atoms with Crippen molar-refractivity contribution in [3.05, 3.63) is 248 Å². The van der Waals surface area contributed by atoms with Crippen molar-refractivity contribution in [2.75, 3.05) is 19.6 Å². The summed E-state index contributed by atoms with van der Waals surface area (Å²) in [6.45, 7) is 15.9. The van der Waals surface area contributed by atoms with Gasteiger partial charge in [-0.05, 0) is 82.6 Å². The molecule has 0 N–H and O–H groups in total. The third kappa shape index (κ3) is 8.29. The third-order valence-electron chi connectivity index (χ3n) is 14.7. The molecule has 11 aromatic rings. The summed E-state index contributed by atoms with van der Waals surface area (Å²) in [6.07, 6.45) is 1.94. The largest absolute Gasteiger partial charge is 0.493 e. The van der Waals surface area contributed by atoms with Gasteiger partial charge in [0, 0.05) is 72.4 Å². The van der Waals surface area contributed by atoms with E-state index in [4.69, 9.17) is 4.98 Å². The molecule has 75 heavy (non-hydrogen) atoms. The number of nitrogens with zero attached hydrogens (tertiary/aromatic N) is 6. The Morgan fingerprint density at radius 2 is 1.05 bits per heavy atom. The van der Waals surface area contributed by atoms with Crippen molar-refractivity contribution >= 4 is 78.8 Å². The van der Waals surface area contributed by atoms with Crippen molar-refractivity contribution in [3.8, 4) is 27.9 Å². The van der Waals surface area contributed by atoms with E-state index in [1.165, 1.54) is 21.9 Å². The van der Waals surface area contributed by atoms with E-state index in [1.807, 2.05) is 6.20 Å². The molecule has 2 aromatic heterocycles. The molecule has 0 fully saturated rings. The zero-order chi connectivity index (χ0) is 50.3. The summed E-state index contributed by atoms with van der Waals surface area (Å²) in [5, 5.41) is 2.43. The van der Waals surface area contributed by atoms with E-state index in [2.05, 4.69) is 297 Å². The fourth-order valence-electron chi connectivity index (χ4n) is 10.9. The van der Waals surface area contributed by atoms with Crippen LogP contribution in [0.2, 0.25) is 0 Å². The van der Waals surface area contributed by atoms with Gasteiger partial charge in [-0.3, -0.25) is 0 Å². The molecular weight excluding hydrogens is 1100 g/mol. The minimum atomic E-state index is -0.199. The van der Waals surface area contributed by atoms with Crippen LogP contribution in [0.3, 0.4) is 0 Å². The maximum absolute atomic E-state index is 5.24. The van der Waals surface area contributed by atoms with Gasteiger partial charge >= 0.3 is 0 Å². The van der Waals surface area contributed by atoms with Crippen molar-refractivity contribution in [1.29, 1.82) is 0 Å². The molecule has 2 aliphatic heterocycles. The minimum Gasteiger partial charge on any atom is -0.493 e. The first-order chi connectivity index (χ1) is 36.0. The summed E-state index contributed by atoms with van der Waals surface area (Å²) in [6, 6.07) is 84.6. The van der Waals surface area contributed by atoms with Crippen LogP contribution in [-0.2, 0) is 31.9 Å². The first-order valence-electron chi connectivity index (χ1n) is 25.5. The zero-order valence-electron chi connectivity index (χ0n) is 42.9. The first-order valence-corrected chi connectivity index (χ1v) is 25.5. The Labute approximate surface area is 455 Å². The van der Waals surface area contributed by atoms with Gasteiger partial charge in [-0.15, -0.1) is 53.8 Å². The van der Waals surface area contributed by atoms with Gasteiger partial charge in [0.25, 0.3) is 0 Å². The number of pyridine rings is 1. The van der Waals surface area contributed by atoms with E-state index in [-0.39, 0.29) is 31.9 Å². The predicted molar refractivity (Wildman–Crippen MR) is 309 cm³/mol. The molecule has 13 rings (SSSR count). The topological polar surface area (TPSA) is 30.8 Å². The molecule has 0 unspecified atom stereocenters. The molecule has 0 spiro atoms. The Kier molecular flexibility index (Phi) is 11.9. The number of rotatable bonds is 7. The second-order valence-electron chi connectivity index (χ2n) is 21.5. The quantitative estimate of drug-likeness (QED) is 0.148. The molecule has 0 aliphatic carbocycles. The van der Waals surface area contributed by atoms with Crippen LogP contribution in [0.1, 0.15) is 52.7 Å². The van der Waals surface area contributed by atoms with Gasteiger partial charge in [0.05, 0.1) is 22.4 Å². The molecule has 0 amide bonds. The molecule has 7 heteroatoms. The number of fused-ring (bicyclic) bond motifs is 9. The van der Waals surface area contributed by atoms with E-state index in [0.717, 1.165) is 96.0 Å². The fraction of sp³-hybridized carbons (Fsp3) is 0.118. The smallest absolute Gasteiger partial charge is 0.137 e. The van der Waals surface area contributed by atoms with Crippen LogP contribution in [0.25, 0.3) is 49.7 Å². The minimum absolute atomic E-state index is 0. The van der Waals surface area contributed by atoms with Crippen LogP contribution >= 0.6 is 0 Å². The number of benzene rings is 9. The molecule has 370 valence electrons. The Hall–Kier alpha value is -8.18. The second kappa shape index (κ2) is 18.6. The first kappa shape index (κ1) is 47.8. The molecule has 6 nitrogen and oxygen atoms in total. The predicted octanol–water partition coefficient (Wildman–Crippen LogP) is 18.4. The standard InChI is InChI=1S/C68H55N6.Pt/c1-67(2,3)46-21-20-24-49(39-46)70-45-71(64-34-19-18-33-63(64)70)52-40-47(68(4,5)6)41-53(42-52)72(48-22-8-7-9-23-48)50-35-36-59-55-26-11-10-25-54(55)56-27-12-17-32-62(56)74(65(59)43-50)66-44-51(37-38-69-66)73-60-30-15-13-28-57(60)58-29-14-16-31-61(58)73;/h7-41,44-45H,1-6H3;/q-3;. The summed E-state index contributed by atoms with van der Waals surface area (Å²) in [4.78, 5) is 14.5. The molecule has 9 aromatic carbocycles. The monoisotopic (exact) mass is 1150 g/mol. The maximum Gasteiger partial charge on any atom is 0.137 e. The van der Waals surface area contributed by atoms with E-state index in [1.54, 1.807) is 0 Å². The molecule has 0 bridgehead atoms. The van der Waals surface area contributed by atoms with Crippen LogP contribution in [-0.4, -0.2) is 9.55 Å². The summed E-state index contributed by atoms with van der Waals surface area (Å²) in [5.41, 5.74) is 19.0. The number of anilines is 10. The average molecular weight is 1150 g/mol. The number of hydrogen-bond acceptors (Lipinski definition) is 5. The van der Waals surface area contributed by atoms with Gasteiger partial charge < -0.3 is 24.2 Å². The van der Waals surface area contributed by atoms with Crippen molar-refractivity contribution in [2.24, 2.45) is 0 Å². The van der Waals surface area contributed by atoms with E-state index in [0.29, 0.717) is 0 Å². The maximum atomic E-state index is 5.24. The zero-order valence-corrected chi connectivity index (χ0v) is 45.1. The van der Waals surface area contributed by atoms with Gasteiger partial charge in [-0.1, -0.05) is 185 Å². The van der Waals surface area contributed by atoms with Gasteiger partial charge in [0.1, 0.15) is 5.82 Å². The van der Waals surface area contributed by atoms with Crippen LogP contribution in [0, 0.1) is 18.8 Å². The number of hydrogen-bond donors (Lipinski definition) is 0. The van der Waals surface area contributed by atoms with E-state index in [9.17, 15) is 0 Å². The van der Waals surface area contributed by atoms with E-state index < -0.39 is 0 Å². The molecule has 0 radical (unpaired) electrons. The van der Waals surface area contributed by atoms with Crippen molar-refractivity contribution < 1.29 is 21.1 Å². The third-order valence-corrected chi connectivity index (χ3v) is 14.7. The number of aromatic nitrogens is 2. The van der Waals surface area contributed by atoms with Crippen molar-refractivity contribution in [1.82, 2.24) is 9.55 Å². The van der Waals surface area contributed by atoms with Gasteiger partial charge in [0.15, 0.2) is 0 Å². The van der Waals surface area contributed by atoms with Crippen LogP contribution < -0.4 is 19.6 Å². The van der Waals surface area contributed by atoms with Gasteiger partial charge in [-0.25, -0.2) is 4.98 Å².